The lowest BCUT2D eigenvalue weighted by molar-refractivity contribution is 0.00387. The van der Waals surface area contributed by atoms with Crippen LogP contribution in [0.25, 0.3) is 0 Å². The summed E-state index contributed by atoms with van der Waals surface area (Å²) in [6.07, 6.45) is 6.98. The van der Waals surface area contributed by atoms with E-state index in [4.69, 9.17) is 9.47 Å². The van der Waals surface area contributed by atoms with Gasteiger partial charge in [0.15, 0.2) is 0 Å². The summed E-state index contributed by atoms with van der Waals surface area (Å²) in [5.74, 6) is 2.51. The highest BCUT2D eigenvalue weighted by Crippen LogP contribution is 2.27. The van der Waals surface area contributed by atoms with Crippen molar-refractivity contribution in [1.29, 1.82) is 0 Å². The molecule has 106 valence electrons. The van der Waals surface area contributed by atoms with Gasteiger partial charge in [-0.25, -0.2) is 0 Å². The van der Waals surface area contributed by atoms with Gasteiger partial charge in [0.05, 0.1) is 13.2 Å². The normalized spacial score (nSPS) is 16.6. The molecule has 0 bridgehead atoms. The van der Waals surface area contributed by atoms with Gasteiger partial charge < -0.3 is 9.47 Å². The molecule has 0 N–H and O–H groups in total. The molecule has 0 unspecified atom stereocenters. The second-order valence-corrected chi connectivity index (χ2v) is 6.33. The van der Waals surface area contributed by atoms with E-state index in [0.717, 1.165) is 32.3 Å². The molecule has 0 saturated heterocycles. The molecule has 0 radical (unpaired) electrons. The van der Waals surface area contributed by atoms with Crippen LogP contribution in [0.15, 0.2) is 12.2 Å². The Bertz CT molecular complexity index is 211. The average Bonchev–Trinajstić information content (AvgIpc) is 2.79. The van der Waals surface area contributed by atoms with Crippen LogP contribution in [0.3, 0.4) is 0 Å². The Hall–Kier alpha value is -0.340. The van der Waals surface area contributed by atoms with Gasteiger partial charge in [-0.15, -0.1) is 0 Å². The first-order valence-electron chi connectivity index (χ1n) is 7.40. The van der Waals surface area contributed by atoms with Gasteiger partial charge in [-0.1, -0.05) is 39.8 Å². The Morgan fingerprint density at radius 3 is 1.67 bits per heavy atom. The number of allylic oxidation sites excluding steroid dienone is 2. The van der Waals surface area contributed by atoms with Crippen molar-refractivity contribution in [3.05, 3.63) is 12.2 Å². The highest BCUT2D eigenvalue weighted by atomic mass is 16.5. The first-order valence-corrected chi connectivity index (χ1v) is 7.40. The topological polar surface area (TPSA) is 18.5 Å². The van der Waals surface area contributed by atoms with E-state index in [0.29, 0.717) is 17.8 Å². The minimum Gasteiger partial charge on any atom is -0.381 e. The lowest BCUT2D eigenvalue weighted by Gasteiger charge is -2.24. The van der Waals surface area contributed by atoms with E-state index < -0.39 is 0 Å². The molecule has 0 fully saturated rings. The molecule has 0 heterocycles. The van der Waals surface area contributed by atoms with Gasteiger partial charge in [0.25, 0.3) is 0 Å². The Labute approximate surface area is 113 Å². The molecular weight excluding hydrogens is 224 g/mol. The minimum atomic E-state index is 0.553. The van der Waals surface area contributed by atoms with Crippen molar-refractivity contribution in [2.24, 2.45) is 23.7 Å². The molecule has 0 spiro atoms. The molecule has 1 rings (SSSR count). The molecule has 2 nitrogen and oxygen atoms in total. The van der Waals surface area contributed by atoms with Crippen LogP contribution < -0.4 is 0 Å². The summed E-state index contributed by atoms with van der Waals surface area (Å²) in [5.41, 5.74) is 0. The van der Waals surface area contributed by atoms with Crippen LogP contribution in [0.4, 0.5) is 0 Å². The molecule has 1 aliphatic rings. The first-order chi connectivity index (χ1) is 8.59. The summed E-state index contributed by atoms with van der Waals surface area (Å²) in [4.78, 5) is 0. The number of ether oxygens (including phenoxy) is 2. The largest absolute Gasteiger partial charge is 0.381 e. The van der Waals surface area contributed by atoms with Gasteiger partial charge in [0.2, 0.25) is 0 Å². The van der Waals surface area contributed by atoms with Crippen LogP contribution >= 0.6 is 0 Å². The number of hydrogen-bond donors (Lipinski definition) is 0. The Morgan fingerprint density at radius 2 is 1.28 bits per heavy atom. The molecule has 0 amide bonds. The zero-order valence-corrected chi connectivity index (χ0v) is 12.5. The lowest BCUT2D eigenvalue weighted by atomic mass is 9.91. The van der Waals surface area contributed by atoms with Crippen molar-refractivity contribution in [3.63, 3.8) is 0 Å². The van der Waals surface area contributed by atoms with Crippen molar-refractivity contribution in [1.82, 2.24) is 0 Å². The Kier molecular flexibility index (Phi) is 7.60. The maximum absolute atomic E-state index is 5.82. The molecule has 0 aromatic rings. The van der Waals surface area contributed by atoms with Gasteiger partial charge in [-0.2, -0.15) is 0 Å². The van der Waals surface area contributed by atoms with Crippen LogP contribution in [0.5, 0.6) is 0 Å². The molecule has 0 aromatic carbocycles. The fourth-order valence-corrected chi connectivity index (χ4v) is 2.25. The third kappa shape index (κ3) is 6.55. The SMILES string of the molecule is CC(C)COCC(COCC(C)C)C1CC=CC1. The van der Waals surface area contributed by atoms with Crippen molar-refractivity contribution in [2.45, 2.75) is 40.5 Å². The van der Waals surface area contributed by atoms with E-state index in [9.17, 15) is 0 Å². The maximum Gasteiger partial charge on any atom is 0.0519 e. The van der Waals surface area contributed by atoms with Gasteiger partial charge in [0.1, 0.15) is 0 Å². The summed E-state index contributed by atoms with van der Waals surface area (Å²) < 4.78 is 11.6. The third-order valence-electron chi connectivity index (χ3n) is 3.28. The minimum absolute atomic E-state index is 0.553. The number of hydrogen-bond acceptors (Lipinski definition) is 2. The van der Waals surface area contributed by atoms with E-state index in [1.54, 1.807) is 0 Å². The molecule has 18 heavy (non-hydrogen) atoms. The van der Waals surface area contributed by atoms with Gasteiger partial charge in [-0.3, -0.25) is 0 Å². The monoisotopic (exact) mass is 254 g/mol. The Balaban J connectivity index is 2.27. The van der Waals surface area contributed by atoms with Crippen molar-refractivity contribution in [3.8, 4) is 0 Å². The Morgan fingerprint density at radius 1 is 0.833 bits per heavy atom. The summed E-state index contributed by atoms with van der Waals surface area (Å²) in [7, 11) is 0. The van der Waals surface area contributed by atoms with E-state index in [-0.39, 0.29) is 0 Å². The van der Waals surface area contributed by atoms with Gasteiger partial charge >= 0.3 is 0 Å². The quantitative estimate of drug-likeness (QED) is 0.581. The van der Waals surface area contributed by atoms with E-state index in [1.165, 1.54) is 12.8 Å². The lowest BCUT2D eigenvalue weighted by Crippen LogP contribution is -2.25. The summed E-state index contributed by atoms with van der Waals surface area (Å²) in [5, 5.41) is 0. The fraction of sp³-hybridized carbons (Fsp3) is 0.875. The predicted octanol–water partition coefficient (Wildman–Crippen LogP) is 3.91. The summed E-state index contributed by atoms with van der Waals surface area (Å²) in [6, 6.07) is 0. The maximum atomic E-state index is 5.82. The average molecular weight is 254 g/mol. The number of rotatable bonds is 9. The molecule has 1 aliphatic carbocycles. The summed E-state index contributed by atoms with van der Waals surface area (Å²) in [6.45, 7) is 12.2. The molecule has 0 atom stereocenters. The molecule has 0 aromatic heterocycles. The van der Waals surface area contributed by atoms with Crippen molar-refractivity contribution in [2.75, 3.05) is 26.4 Å². The highest BCUT2D eigenvalue weighted by Gasteiger charge is 2.23. The van der Waals surface area contributed by atoms with Crippen molar-refractivity contribution >= 4 is 0 Å². The third-order valence-corrected chi connectivity index (χ3v) is 3.28. The highest BCUT2D eigenvalue weighted by molar-refractivity contribution is 4.96. The zero-order valence-electron chi connectivity index (χ0n) is 12.5. The first kappa shape index (κ1) is 15.7. The molecular formula is C16H30O2. The second-order valence-electron chi connectivity index (χ2n) is 6.33. The zero-order chi connectivity index (χ0) is 13.4. The van der Waals surface area contributed by atoms with Crippen LogP contribution in [0.1, 0.15) is 40.5 Å². The van der Waals surface area contributed by atoms with E-state index in [2.05, 4.69) is 39.8 Å². The molecule has 2 heteroatoms. The molecule has 0 aliphatic heterocycles. The summed E-state index contributed by atoms with van der Waals surface area (Å²) >= 11 is 0. The van der Waals surface area contributed by atoms with Crippen LogP contribution in [0.2, 0.25) is 0 Å². The van der Waals surface area contributed by atoms with Gasteiger partial charge in [0, 0.05) is 19.1 Å². The predicted molar refractivity (Wildman–Crippen MR) is 76.7 cm³/mol. The van der Waals surface area contributed by atoms with Crippen LogP contribution in [-0.4, -0.2) is 26.4 Å². The van der Waals surface area contributed by atoms with E-state index in [1.807, 2.05) is 0 Å². The van der Waals surface area contributed by atoms with E-state index >= 15 is 0 Å². The fourth-order valence-electron chi connectivity index (χ4n) is 2.25. The standard InChI is InChI=1S/C16H30O2/c1-13(2)9-17-11-16(12-18-10-14(3)4)15-7-5-6-8-15/h5-6,13-16H,7-12H2,1-4H3. The van der Waals surface area contributed by atoms with Crippen molar-refractivity contribution < 1.29 is 9.47 Å². The van der Waals surface area contributed by atoms with Gasteiger partial charge in [-0.05, 0) is 30.6 Å². The van der Waals surface area contributed by atoms with Crippen LogP contribution in [-0.2, 0) is 9.47 Å². The smallest absolute Gasteiger partial charge is 0.0519 e. The molecule has 0 saturated carbocycles. The second kappa shape index (κ2) is 8.71. The van der Waals surface area contributed by atoms with Crippen LogP contribution in [0, 0.1) is 23.7 Å².